The molecule has 1 aromatic carbocycles. The maximum atomic E-state index is 12.6. The summed E-state index contributed by atoms with van der Waals surface area (Å²) in [6.07, 6.45) is 0.577. The minimum absolute atomic E-state index is 0. The van der Waals surface area contributed by atoms with Crippen LogP contribution in [0, 0.1) is 0 Å². The second kappa shape index (κ2) is 9.31. The molecular weight excluding hydrogens is 380 g/mol. The van der Waals surface area contributed by atoms with Crippen LogP contribution in [0.5, 0.6) is 0 Å². The number of sulfonamides is 1. The first kappa shape index (κ1) is 22.4. The fourth-order valence-electron chi connectivity index (χ4n) is 2.85. The van der Waals surface area contributed by atoms with Gasteiger partial charge in [-0.15, -0.1) is 12.4 Å². The fourth-order valence-corrected chi connectivity index (χ4v) is 4.36. The maximum absolute atomic E-state index is 12.6. The van der Waals surface area contributed by atoms with E-state index in [2.05, 4.69) is 5.32 Å². The predicted molar refractivity (Wildman–Crippen MR) is 102 cm³/mol. The van der Waals surface area contributed by atoms with Gasteiger partial charge in [-0.3, -0.25) is 9.59 Å². The summed E-state index contributed by atoms with van der Waals surface area (Å²) < 4.78 is 26.6. The van der Waals surface area contributed by atoms with Gasteiger partial charge in [0, 0.05) is 25.3 Å². The number of fused-ring (bicyclic) bond motifs is 1. The molecule has 0 saturated heterocycles. The van der Waals surface area contributed by atoms with Crippen molar-refractivity contribution >= 4 is 39.9 Å². The lowest BCUT2D eigenvalue weighted by atomic mass is 10.2. The van der Waals surface area contributed by atoms with E-state index < -0.39 is 15.9 Å². The number of hydrogen-bond donors (Lipinski definition) is 2. The summed E-state index contributed by atoms with van der Waals surface area (Å²) >= 11 is 0. The van der Waals surface area contributed by atoms with Gasteiger partial charge in [-0.1, -0.05) is 13.8 Å². The number of carbonyl (C=O) groups excluding carboxylic acids is 2. The zero-order valence-corrected chi connectivity index (χ0v) is 16.5. The van der Waals surface area contributed by atoms with E-state index in [1.807, 2.05) is 0 Å². The summed E-state index contributed by atoms with van der Waals surface area (Å²) in [5, 5.41) is 2.45. The van der Waals surface area contributed by atoms with Crippen LogP contribution >= 0.6 is 12.4 Å². The summed E-state index contributed by atoms with van der Waals surface area (Å²) in [6, 6.07) is 4.81. The van der Waals surface area contributed by atoms with Crippen LogP contribution in [0.2, 0.25) is 0 Å². The number of carbonyl (C=O) groups is 2. The molecular formula is C16H25ClN4O4S. The Morgan fingerprint density at radius 2 is 1.92 bits per heavy atom. The summed E-state index contributed by atoms with van der Waals surface area (Å²) in [7, 11) is -3.53. The van der Waals surface area contributed by atoms with Crippen LogP contribution in [0.15, 0.2) is 23.1 Å². The van der Waals surface area contributed by atoms with Crippen LogP contribution in [0.3, 0.4) is 0 Å². The Bertz CT molecular complexity index is 766. The second-order valence-corrected chi connectivity index (χ2v) is 7.59. The third-order valence-electron chi connectivity index (χ3n) is 4.21. The first-order valence-corrected chi connectivity index (χ1v) is 9.69. The molecule has 0 radical (unpaired) electrons. The average Bonchev–Trinajstić information content (AvgIpc) is 3.03. The number of nitrogens with one attached hydrogen (secondary N) is 1. The van der Waals surface area contributed by atoms with Crippen molar-refractivity contribution < 1.29 is 18.0 Å². The van der Waals surface area contributed by atoms with Crippen molar-refractivity contribution in [1.82, 2.24) is 9.62 Å². The van der Waals surface area contributed by atoms with Crippen LogP contribution in [0.4, 0.5) is 5.69 Å². The van der Waals surface area contributed by atoms with Crippen LogP contribution in [-0.4, -0.2) is 57.3 Å². The van der Waals surface area contributed by atoms with Gasteiger partial charge in [0.05, 0.1) is 18.0 Å². The SMILES string of the molecule is CCN(CC)S(=O)(=O)c1ccc2c(c1)CCN2C(=O)CNC(=O)CN.Cl. The van der Waals surface area contributed by atoms with Crippen molar-refractivity contribution in [2.24, 2.45) is 5.73 Å². The smallest absolute Gasteiger partial charge is 0.246 e. The van der Waals surface area contributed by atoms with Gasteiger partial charge in [-0.2, -0.15) is 4.31 Å². The molecule has 8 nitrogen and oxygen atoms in total. The summed E-state index contributed by atoms with van der Waals surface area (Å²) in [4.78, 5) is 25.2. The molecule has 1 aromatic rings. The van der Waals surface area contributed by atoms with E-state index in [0.717, 1.165) is 5.56 Å². The Labute approximate surface area is 160 Å². The van der Waals surface area contributed by atoms with Crippen LogP contribution < -0.4 is 16.0 Å². The number of amides is 2. The molecule has 146 valence electrons. The van der Waals surface area contributed by atoms with Gasteiger partial charge in [0.2, 0.25) is 21.8 Å². The molecule has 1 aliphatic heterocycles. The molecule has 3 N–H and O–H groups in total. The standard InChI is InChI=1S/C16H24N4O4S.ClH/c1-3-19(4-2)25(23,24)13-5-6-14-12(9-13)7-8-20(14)16(22)11-18-15(21)10-17;/h5-6,9H,3-4,7-8,10-11,17H2,1-2H3,(H,18,21);1H. The highest BCUT2D eigenvalue weighted by Crippen LogP contribution is 2.31. The van der Waals surface area contributed by atoms with Crippen LogP contribution in [0.25, 0.3) is 0 Å². The second-order valence-electron chi connectivity index (χ2n) is 5.66. The number of anilines is 1. The predicted octanol–water partition coefficient (Wildman–Crippen LogP) is 0.103. The molecule has 1 heterocycles. The van der Waals surface area contributed by atoms with E-state index >= 15 is 0 Å². The molecule has 2 rings (SSSR count). The molecule has 2 amide bonds. The van der Waals surface area contributed by atoms with E-state index in [1.54, 1.807) is 30.9 Å². The van der Waals surface area contributed by atoms with Crippen molar-refractivity contribution in [2.45, 2.75) is 25.2 Å². The van der Waals surface area contributed by atoms with Gasteiger partial charge in [-0.25, -0.2) is 8.42 Å². The van der Waals surface area contributed by atoms with Crippen molar-refractivity contribution in [3.63, 3.8) is 0 Å². The lowest BCUT2D eigenvalue weighted by molar-refractivity contribution is -0.124. The number of nitrogens with two attached hydrogens (primary N) is 1. The van der Waals surface area contributed by atoms with Gasteiger partial charge in [0.15, 0.2) is 0 Å². The van der Waals surface area contributed by atoms with E-state index in [0.29, 0.717) is 31.7 Å². The summed E-state index contributed by atoms with van der Waals surface area (Å²) in [5.74, 6) is -0.645. The number of nitrogens with zero attached hydrogens (tertiary/aromatic N) is 2. The molecule has 10 heteroatoms. The maximum Gasteiger partial charge on any atom is 0.246 e. The molecule has 0 atom stereocenters. The Morgan fingerprint density at radius 3 is 2.50 bits per heavy atom. The molecule has 0 aromatic heterocycles. The molecule has 0 aliphatic carbocycles. The highest BCUT2D eigenvalue weighted by atomic mass is 35.5. The molecule has 0 spiro atoms. The van der Waals surface area contributed by atoms with E-state index in [4.69, 9.17) is 5.73 Å². The average molecular weight is 405 g/mol. The highest BCUT2D eigenvalue weighted by molar-refractivity contribution is 7.89. The Hall–Kier alpha value is -1.68. The van der Waals surface area contributed by atoms with Crippen LogP contribution in [0.1, 0.15) is 19.4 Å². The highest BCUT2D eigenvalue weighted by Gasteiger charge is 2.28. The Morgan fingerprint density at radius 1 is 1.27 bits per heavy atom. The minimum Gasteiger partial charge on any atom is -0.346 e. The van der Waals surface area contributed by atoms with Crippen molar-refractivity contribution in [2.75, 3.05) is 37.6 Å². The van der Waals surface area contributed by atoms with E-state index in [9.17, 15) is 18.0 Å². The lowest BCUT2D eigenvalue weighted by Gasteiger charge is -2.20. The zero-order chi connectivity index (χ0) is 18.6. The van der Waals surface area contributed by atoms with Gasteiger partial charge in [0.1, 0.15) is 0 Å². The van der Waals surface area contributed by atoms with Gasteiger partial charge in [0.25, 0.3) is 0 Å². The number of rotatable bonds is 7. The van der Waals surface area contributed by atoms with Gasteiger partial charge < -0.3 is 16.0 Å². The molecule has 0 bridgehead atoms. The molecule has 1 aliphatic rings. The molecule has 0 fully saturated rings. The zero-order valence-electron chi connectivity index (χ0n) is 14.9. The first-order valence-electron chi connectivity index (χ1n) is 8.25. The topological polar surface area (TPSA) is 113 Å². The van der Waals surface area contributed by atoms with Gasteiger partial charge in [-0.05, 0) is 30.2 Å². The normalized spacial score (nSPS) is 13.3. The van der Waals surface area contributed by atoms with E-state index in [-0.39, 0.29) is 36.3 Å². The Balaban J connectivity index is 0.00000338. The fraction of sp³-hybridized carbons (Fsp3) is 0.500. The van der Waals surface area contributed by atoms with Gasteiger partial charge >= 0.3 is 0 Å². The van der Waals surface area contributed by atoms with Crippen molar-refractivity contribution in [3.8, 4) is 0 Å². The first-order chi connectivity index (χ1) is 11.8. The van der Waals surface area contributed by atoms with Crippen molar-refractivity contribution in [3.05, 3.63) is 23.8 Å². The van der Waals surface area contributed by atoms with Crippen molar-refractivity contribution in [1.29, 1.82) is 0 Å². The Kier molecular flexibility index (Phi) is 8.01. The quantitative estimate of drug-likeness (QED) is 0.669. The molecule has 26 heavy (non-hydrogen) atoms. The molecule has 0 saturated carbocycles. The minimum atomic E-state index is -3.53. The largest absolute Gasteiger partial charge is 0.346 e. The summed E-state index contributed by atoms with van der Waals surface area (Å²) in [5.41, 5.74) is 6.69. The third-order valence-corrected chi connectivity index (χ3v) is 6.26. The van der Waals surface area contributed by atoms with E-state index in [1.165, 1.54) is 10.4 Å². The monoisotopic (exact) mass is 404 g/mol. The van der Waals surface area contributed by atoms with Crippen LogP contribution in [-0.2, 0) is 26.0 Å². The molecule has 0 unspecified atom stereocenters. The third kappa shape index (κ3) is 4.53. The number of benzene rings is 1. The number of hydrogen-bond acceptors (Lipinski definition) is 5. The lowest BCUT2D eigenvalue weighted by Crippen LogP contribution is -2.41. The summed E-state index contributed by atoms with van der Waals surface area (Å²) in [6.45, 7) is 4.56. The number of halogens is 1.